The number of hydrogen-bond donors (Lipinski definition) is 0. The first kappa shape index (κ1) is 12.6. The smallest absolute Gasteiger partial charge is 0.317 e. The van der Waals surface area contributed by atoms with Gasteiger partial charge >= 0.3 is 5.97 Å². The van der Waals surface area contributed by atoms with E-state index in [1.165, 1.54) is 6.08 Å². The average Bonchev–Trinajstić information content (AvgIpc) is 2.21. The van der Waals surface area contributed by atoms with Gasteiger partial charge in [0.05, 0.1) is 0 Å². The topological polar surface area (TPSA) is 43.4 Å². The third kappa shape index (κ3) is 4.03. The minimum Gasteiger partial charge on any atom is -0.461 e. The van der Waals surface area contributed by atoms with Crippen molar-refractivity contribution in [1.29, 1.82) is 0 Å². The third-order valence-electron chi connectivity index (χ3n) is 1.77. The summed E-state index contributed by atoms with van der Waals surface area (Å²) >= 11 is 0. The summed E-state index contributed by atoms with van der Waals surface area (Å²) in [6.45, 7) is 8.78. The lowest BCUT2D eigenvalue weighted by molar-refractivity contribution is -0.150. The Balaban J connectivity index is 4.31. The molecule has 0 aliphatic rings. The van der Waals surface area contributed by atoms with Gasteiger partial charge in [-0.1, -0.05) is 25.7 Å². The van der Waals surface area contributed by atoms with E-state index in [-0.39, 0.29) is 12.4 Å². The van der Waals surface area contributed by atoms with Gasteiger partial charge in [-0.15, -0.1) is 6.58 Å². The molecule has 0 saturated carbocycles. The van der Waals surface area contributed by atoms with Crippen LogP contribution in [0.15, 0.2) is 25.3 Å². The van der Waals surface area contributed by atoms with Gasteiger partial charge in [-0.25, -0.2) is 0 Å². The Morgan fingerprint density at radius 2 is 2.00 bits per heavy atom. The zero-order valence-corrected chi connectivity index (χ0v) is 8.49. The van der Waals surface area contributed by atoms with Crippen LogP contribution in [0.1, 0.15) is 19.8 Å². The lowest BCUT2D eigenvalue weighted by Crippen LogP contribution is -2.25. The normalized spacial score (nSPS) is 11.5. The number of hydrogen-bond acceptors (Lipinski definition) is 3. The Labute approximate surface area is 84.4 Å². The Bertz CT molecular complexity index is 231. The van der Waals surface area contributed by atoms with Crippen molar-refractivity contribution in [2.24, 2.45) is 5.92 Å². The standard InChI is InChI=1S/C11H16O3/c1-4-7-9(10(12)6-3)11(13)14-8-5-2/h4-5,9H,1-2,6-8H2,3H3. The first-order valence-corrected chi connectivity index (χ1v) is 4.58. The number of carbonyl (C=O) groups is 2. The average molecular weight is 196 g/mol. The van der Waals surface area contributed by atoms with Crippen molar-refractivity contribution >= 4 is 11.8 Å². The second-order valence-electron chi connectivity index (χ2n) is 2.82. The molecule has 3 heteroatoms. The highest BCUT2D eigenvalue weighted by molar-refractivity contribution is 5.99. The van der Waals surface area contributed by atoms with Gasteiger partial charge in [0.1, 0.15) is 18.3 Å². The van der Waals surface area contributed by atoms with Gasteiger partial charge in [0.2, 0.25) is 0 Å². The first-order valence-electron chi connectivity index (χ1n) is 4.58. The summed E-state index contributed by atoms with van der Waals surface area (Å²) in [6.07, 6.45) is 3.69. The Kier molecular flexibility index (Phi) is 6.37. The summed E-state index contributed by atoms with van der Waals surface area (Å²) in [5.74, 6) is -1.30. The van der Waals surface area contributed by atoms with Gasteiger partial charge < -0.3 is 4.74 Å². The zero-order valence-electron chi connectivity index (χ0n) is 8.49. The molecule has 1 unspecified atom stereocenters. The molecule has 0 N–H and O–H groups in total. The van der Waals surface area contributed by atoms with Gasteiger partial charge in [-0.05, 0) is 6.42 Å². The monoisotopic (exact) mass is 196 g/mol. The first-order chi connectivity index (χ1) is 6.67. The molecule has 1 atom stereocenters. The van der Waals surface area contributed by atoms with Crippen molar-refractivity contribution in [3.05, 3.63) is 25.3 Å². The largest absolute Gasteiger partial charge is 0.461 e. The van der Waals surface area contributed by atoms with Gasteiger partial charge in [-0.2, -0.15) is 0 Å². The number of rotatable bonds is 7. The summed E-state index contributed by atoms with van der Waals surface area (Å²) in [7, 11) is 0. The molecule has 0 aliphatic carbocycles. The molecule has 0 bridgehead atoms. The fourth-order valence-electron chi connectivity index (χ4n) is 1.01. The van der Waals surface area contributed by atoms with Gasteiger partial charge in [-0.3, -0.25) is 9.59 Å². The molecule has 3 nitrogen and oxygen atoms in total. The molecular formula is C11H16O3. The molecule has 0 aromatic rings. The molecule has 0 aliphatic heterocycles. The summed E-state index contributed by atoms with van der Waals surface area (Å²) < 4.78 is 4.80. The van der Waals surface area contributed by atoms with E-state index in [0.717, 1.165) is 0 Å². The summed E-state index contributed by atoms with van der Waals surface area (Å²) in [5, 5.41) is 0. The van der Waals surface area contributed by atoms with E-state index in [1.807, 2.05) is 0 Å². The van der Waals surface area contributed by atoms with E-state index < -0.39 is 11.9 Å². The van der Waals surface area contributed by atoms with Gasteiger partial charge in [0, 0.05) is 6.42 Å². The zero-order chi connectivity index (χ0) is 11.0. The van der Waals surface area contributed by atoms with Crippen molar-refractivity contribution in [3.8, 4) is 0 Å². The Morgan fingerprint density at radius 3 is 2.43 bits per heavy atom. The van der Waals surface area contributed by atoms with Crippen LogP contribution in [0, 0.1) is 5.92 Å². The minimum absolute atomic E-state index is 0.112. The van der Waals surface area contributed by atoms with Crippen molar-refractivity contribution in [2.45, 2.75) is 19.8 Å². The predicted octanol–water partition coefficient (Wildman–Crippen LogP) is 1.89. The molecule has 0 amide bonds. The van der Waals surface area contributed by atoms with E-state index in [2.05, 4.69) is 13.2 Å². The number of Topliss-reactive ketones (excluding diaryl/α,β-unsaturated/α-hetero) is 1. The molecule has 0 fully saturated rings. The fourth-order valence-corrected chi connectivity index (χ4v) is 1.01. The van der Waals surface area contributed by atoms with E-state index >= 15 is 0 Å². The Hall–Kier alpha value is -1.38. The van der Waals surface area contributed by atoms with Crippen LogP contribution in [0.25, 0.3) is 0 Å². The SMILES string of the molecule is C=CCOC(=O)C(CC=C)C(=O)CC. The van der Waals surface area contributed by atoms with Crippen molar-refractivity contribution < 1.29 is 14.3 Å². The summed E-state index contributed by atoms with van der Waals surface area (Å²) in [6, 6.07) is 0. The highest BCUT2D eigenvalue weighted by Crippen LogP contribution is 2.10. The van der Waals surface area contributed by atoms with Crippen LogP contribution >= 0.6 is 0 Å². The van der Waals surface area contributed by atoms with Crippen LogP contribution < -0.4 is 0 Å². The highest BCUT2D eigenvalue weighted by Gasteiger charge is 2.24. The number of ketones is 1. The highest BCUT2D eigenvalue weighted by atomic mass is 16.5. The lowest BCUT2D eigenvalue weighted by atomic mass is 9.99. The minimum atomic E-state index is -0.697. The molecule has 0 radical (unpaired) electrons. The van der Waals surface area contributed by atoms with E-state index in [9.17, 15) is 9.59 Å². The van der Waals surface area contributed by atoms with Crippen LogP contribution in [0.3, 0.4) is 0 Å². The summed E-state index contributed by atoms with van der Waals surface area (Å²) in [4.78, 5) is 22.7. The van der Waals surface area contributed by atoms with Crippen LogP contribution in [-0.2, 0) is 14.3 Å². The third-order valence-corrected chi connectivity index (χ3v) is 1.77. The predicted molar refractivity (Wildman–Crippen MR) is 54.8 cm³/mol. The molecule has 0 aromatic carbocycles. The summed E-state index contributed by atoms with van der Waals surface area (Å²) in [5.41, 5.74) is 0. The number of allylic oxidation sites excluding steroid dienone is 1. The van der Waals surface area contributed by atoms with Crippen LogP contribution in [0.2, 0.25) is 0 Å². The molecule has 0 spiro atoms. The second-order valence-corrected chi connectivity index (χ2v) is 2.82. The second kappa shape index (κ2) is 7.06. The molecule has 0 heterocycles. The van der Waals surface area contributed by atoms with E-state index in [1.54, 1.807) is 13.0 Å². The molecular weight excluding hydrogens is 180 g/mol. The van der Waals surface area contributed by atoms with Crippen molar-refractivity contribution in [3.63, 3.8) is 0 Å². The van der Waals surface area contributed by atoms with Crippen LogP contribution in [0.4, 0.5) is 0 Å². The van der Waals surface area contributed by atoms with Crippen molar-refractivity contribution in [1.82, 2.24) is 0 Å². The quantitative estimate of drug-likeness (QED) is 0.355. The van der Waals surface area contributed by atoms with Crippen molar-refractivity contribution in [2.75, 3.05) is 6.61 Å². The maximum atomic E-state index is 11.4. The fraction of sp³-hybridized carbons (Fsp3) is 0.455. The number of ether oxygens (including phenoxy) is 1. The number of esters is 1. The molecule has 0 aromatic heterocycles. The molecule has 14 heavy (non-hydrogen) atoms. The Morgan fingerprint density at radius 1 is 1.36 bits per heavy atom. The van der Waals surface area contributed by atoms with E-state index in [4.69, 9.17) is 4.74 Å². The van der Waals surface area contributed by atoms with Crippen LogP contribution in [-0.4, -0.2) is 18.4 Å². The van der Waals surface area contributed by atoms with Gasteiger partial charge in [0.25, 0.3) is 0 Å². The lowest BCUT2D eigenvalue weighted by Gasteiger charge is -2.11. The van der Waals surface area contributed by atoms with Gasteiger partial charge in [0.15, 0.2) is 0 Å². The van der Waals surface area contributed by atoms with E-state index in [0.29, 0.717) is 12.8 Å². The molecule has 0 saturated heterocycles. The molecule has 0 rings (SSSR count). The molecule has 78 valence electrons. The number of carbonyl (C=O) groups excluding carboxylic acids is 2. The van der Waals surface area contributed by atoms with Crippen LogP contribution in [0.5, 0.6) is 0 Å². The maximum absolute atomic E-state index is 11.4. The maximum Gasteiger partial charge on any atom is 0.317 e.